The van der Waals surface area contributed by atoms with Crippen molar-refractivity contribution in [1.82, 2.24) is 0 Å². The van der Waals surface area contributed by atoms with Gasteiger partial charge in [-0.1, -0.05) is 22.4 Å². The summed E-state index contributed by atoms with van der Waals surface area (Å²) in [7, 11) is 0. The smallest absolute Gasteiger partial charge is 0.181 e. The lowest BCUT2D eigenvalue weighted by atomic mass is 10.0. The van der Waals surface area contributed by atoms with Crippen molar-refractivity contribution >= 4 is 33.5 Å². The zero-order valence-corrected chi connectivity index (χ0v) is 11.4. The number of thioether (sulfide) groups is 1. The fourth-order valence-electron chi connectivity index (χ4n) is 1.89. The zero-order valence-electron chi connectivity index (χ0n) is 9.01. The molecule has 0 aromatic heterocycles. The second kappa shape index (κ2) is 5.48. The monoisotopic (exact) mass is 320 g/mol. The van der Waals surface area contributed by atoms with Crippen LogP contribution >= 0.6 is 27.7 Å². The van der Waals surface area contributed by atoms with Crippen LogP contribution in [0.2, 0.25) is 0 Å². The molecule has 0 radical (unpaired) electrons. The number of carbonyl (C=O) groups is 1. The summed E-state index contributed by atoms with van der Waals surface area (Å²) in [6, 6.07) is 2.26. The van der Waals surface area contributed by atoms with Gasteiger partial charge in [0, 0.05) is 4.47 Å². The highest BCUT2D eigenvalue weighted by atomic mass is 79.9. The Hall–Kier alpha value is -0.420. The van der Waals surface area contributed by atoms with Gasteiger partial charge in [0.25, 0.3) is 0 Å². The van der Waals surface area contributed by atoms with Gasteiger partial charge in [-0.3, -0.25) is 4.79 Å². The number of hydrogen-bond acceptors (Lipinski definition) is 2. The Morgan fingerprint density at radius 2 is 1.94 bits per heavy atom. The van der Waals surface area contributed by atoms with Crippen LogP contribution in [0.1, 0.15) is 29.6 Å². The molecule has 2 rings (SSSR count). The maximum Gasteiger partial charge on any atom is 0.181 e. The van der Waals surface area contributed by atoms with Crippen molar-refractivity contribution in [3.8, 4) is 0 Å². The Labute approximate surface area is 111 Å². The minimum absolute atomic E-state index is 0.297. The fourth-order valence-corrected chi connectivity index (χ4v) is 3.55. The van der Waals surface area contributed by atoms with Gasteiger partial charge >= 0.3 is 0 Å². The van der Waals surface area contributed by atoms with Crippen molar-refractivity contribution in [2.45, 2.75) is 24.5 Å². The molecule has 1 atom stereocenters. The standard InChI is InChI=1S/C12H11BrF2OS/c13-7-5-8(14)11(9(15)6-7)12(16)10-3-1-2-4-17-10/h5-6,10H,1-4H2. The number of ketones is 1. The van der Waals surface area contributed by atoms with Gasteiger partial charge in [-0.05, 0) is 30.7 Å². The second-order valence-electron chi connectivity index (χ2n) is 3.96. The molecule has 17 heavy (non-hydrogen) atoms. The third-order valence-corrected chi connectivity index (χ3v) is 4.56. The SMILES string of the molecule is O=C(c1c(F)cc(Br)cc1F)C1CCCCS1. The molecule has 0 amide bonds. The molecule has 1 fully saturated rings. The Morgan fingerprint density at radius 1 is 1.29 bits per heavy atom. The second-order valence-corrected chi connectivity index (χ2v) is 6.19. The van der Waals surface area contributed by atoms with Crippen LogP contribution in [-0.2, 0) is 0 Å². The van der Waals surface area contributed by atoms with Crippen LogP contribution in [0, 0.1) is 11.6 Å². The van der Waals surface area contributed by atoms with Crippen LogP contribution < -0.4 is 0 Å². The predicted molar refractivity (Wildman–Crippen MR) is 68.5 cm³/mol. The van der Waals surface area contributed by atoms with E-state index in [1.807, 2.05) is 0 Å². The van der Waals surface area contributed by atoms with Crippen molar-refractivity contribution in [2.24, 2.45) is 0 Å². The predicted octanol–water partition coefficient (Wildman–Crippen LogP) is 4.20. The summed E-state index contributed by atoms with van der Waals surface area (Å²) >= 11 is 4.49. The molecule has 0 bridgehead atoms. The Bertz CT molecular complexity index is 421. The summed E-state index contributed by atoms with van der Waals surface area (Å²) < 4.78 is 27.5. The van der Waals surface area contributed by atoms with Crippen LogP contribution in [0.5, 0.6) is 0 Å². The van der Waals surface area contributed by atoms with Crippen molar-refractivity contribution < 1.29 is 13.6 Å². The first-order valence-corrected chi connectivity index (χ1v) is 7.24. The third kappa shape index (κ3) is 2.88. The van der Waals surface area contributed by atoms with E-state index in [4.69, 9.17) is 0 Å². The number of rotatable bonds is 2. The van der Waals surface area contributed by atoms with E-state index in [-0.39, 0.29) is 5.25 Å². The van der Waals surface area contributed by atoms with Gasteiger partial charge in [0.05, 0.1) is 10.8 Å². The molecule has 0 aliphatic carbocycles. The van der Waals surface area contributed by atoms with Gasteiger partial charge < -0.3 is 0 Å². The normalized spacial score (nSPS) is 20.3. The molecule has 5 heteroatoms. The molecule has 0 N–H and O–H groups in total. The van der Waals surface area contributed by atoms with Crippen molar-refractivity contribution in [3.05, 3.63) is 33.8 Å². The summed E-state index contributed by atoms with van der Waals surface area (Å²) in [5, 5.41) is -0.297. The number of halogens is 3. The highest BCUT2D eigenvalue weighted by molar-refractivity contribution is 9.10. The van der Waals surface area contributed by atoms with Gasteiger partial charge in [-0.15, -0.1) is 0 Å². The van der Waals surface area contributed by atoms with E-state index in [1.54, 1.807) is 0 Å². The quantitative estimate of drug-likeness (QED) is 0.760. The number of carbonyl (C=O) groups excluding carboxylic acids is 1. The van der Waals surface area contributed by atoms with Crippen LogP contribution in [0.25, 0.3) is 0 Å². The molecule has 1 unspecified atom stereocenters. The van der Waals surface area contributed by atoms with E-state index >= 15 is 0 Å². The van der Waals surface area contributed by atoms with Crippen LogP contribution in [0.4, 0.5) is 8.78 Å². The van der Waals surface area contributed by atoms with E-state index < -0.39 is 23.0 Å². The molecular weight excluding hydrogens is 310 g/mol. The van der Waals surface area contributed by atoms with E-state index in [2.05, 4.69) is 15.9 Å². The topological polar surface area (TPSA) is 17.1 Å². The van der Waals surface area contributed by atoms with E-state index in [0.717, 1.165) is 30.7 Å². The number of benzene rings is 1. The fraction of sp³-hybridized carbons (Fsp3) is 0.417. The van der Waals surface area contributed by atoms with E-state index in [0.29, 0.717) is 10.9 Å². The largest absolute Gasteiger partial charge is 0.293 e. The summed E-state index contributed by atoms with van der Waals surface area (Å²) in [4.78, 5) is 12.0. The summed E-state index contributed by atoms with van der Waals surface area (Å²) in [6.07, 6.45) is 2.72. The minimum Gasteiger partial charge on any atom is -0.293 e. The molecule has 1 aliphatic heterocycles. The van der Waals surface area contributed by atoms with Gasteiger partial charge in [0.2, 0.25) is 0 Å². The molecule has 0 spiro atoms. The lowest BCUT2D eigenvalue weighted by Gasteiger charge is -2.20. The van der Waals surface area contributed by atoms with E-state index in [1.165, 1.54) is 11.8 Å². The number of Topliss-reactive ketones (excluding diaryl/α,β-unsaturated/α-hetero) is 1. The number of hydrogen-bond donors (Lipinski definition) is 0. The molecule has 1 aliphatic rings. The van der Waals surface area contributed by atoms with Gasteiger partial charge in [-0.25, -0.2) is 8.78 Å². The Kier molecular flexibility index (Phi) is 4.20. The molecule has 0 saturated carbocycles. The van der Waals surface area contributed by atoms with Crippen molar-refractivity contribution in [1.29, 1.82) is 0 Å². The highest BCUT2D eigenvalue weighted by Crippen LogP contribution is 2.30. The first kappa shape index (κ1) is 13.0. The molecule has 1 nitrogen and oxygen atoms in total. The van der Waals surface area contributed by atoms with E-state index in [9.17, 15) is 13.6 Å². The average Bonchev–Trinajstić information content (AvgIpc) is 2.28. The molecular formula is C12H11BrF2OS. The molecule has 1 aromatic carbocycles. The lowest BCUT2D eigenvalue weighted by molar-refractivity contribution is 0.0976. The zero-order chi connectivity index (χ0) is 12.4. The lowest BCUT2D eigenvalue weighted by Crippen LogP contribution is -2.23. The summed E-state index contributed by atoms with van der Waals surface area (Å²) in [6.45, 7) is 0. The maximum atomic E-state index is 13.6. The van der Waals surface area contributed by atoms with Crippen molar-refractivity contribution in [3.63, 3.8) is 0 Å². The Morgan fingerprint density at radius 3 is 2.47 bits per heavy atom. The third-order valence-electron chi connectivity index (χ3n) is 2.73. The molecule has 92 valence electrons. The summed E-state index contributed by atoms with van der Waals surface area (Å²) in [5.74, 6) is -1.10. The average molecular weight is 321 g/mol. The van der Waals surface area contributed by atoms with Crippen molar-refractivity contribution in [2.75, 3.05) is 5.75 Å². The molecule has 1 saturated heterocycles. The van der Waals surface area contributed by atoms with Gasteiger partial charge in [-0.2, -0.15) is 11.8 Å². The maximum absolute atomic E-state index is 13.6. The first-order chi connectivity index (χ1) is 8.09. The minimum atomic E-state index is -0.784. The first-order valence-electron chi connectivity index (χ1n) is 5.40. The van der Waals surface area contributed by atoms with Crippen LogP contribution in [-0.4, -0.2) is 16.8 Å². The molecule has 1 heterocycles. The van der Waals surface area contributed by atoms with Gasteiger partial charge in [0.1, 0.15) is 11.6 Å². The van der Waals surface area contributed by atoms with Gasteiger partial charge in [0.15, 0.2) is 5.78 Å². The Balaban J connectivity index is 2.30. The summed E-state index contributed by atoms with van der Waals surface area (Å²) in [5.41, 5.74) is -0.396. The molecule has 1 aromatic rings. The highest BCUT2D eigenvalue weighted by Gasteiger charge is 2.27. The van der Waals surface area contributed by atoms with Crippen LogP contribution in [0.15, 0.2) is 16.6 Å². The van der Waals surface area contributed by atoms with Crippen LogP contribution in [0.3, 0.4) is 0 Å².